The van der Waals surface area contributed by atoms with E-state index in [1.54, 1.807) is 0 Å². The second-order valence-corrected chi connectivity index (χ2v) is 8.95. The predicted octanol–water partition coefficient (Wildman–Crippen LogP) is 4.84. The van der Waals surface area contributed by atoms with Gasteiger partial charge >= 0.3 is 0 Å². The minimum absolute atomic E-state index is 0.149. The smallest absolute Gasteiger partial charge is 0.0707 e. The van der Waals surface area contributed by atoms with Crippen LogP contribution in [0, 0.1) is 20.8 Å². The van der Waals surface area contributed by atoms with Crippen molar-refractivity contribution >= 4 is 0 Å². The zero-order valence-corrected chi connectivity index (χ0v) is 19.6. The number of aromatic nitrogens is 2. The van der Waals surface area contributed by atoms with Crippen LogP contribution in [0.25, 0.3) is 5.69 Å². The van der Waals surface area contributed by atoms with E-state index in [9.17, 15) is 5.11 Å². The maximum absolute atomic E-state index is 10.1. The fourth-order valence-electron chi connectivity index (χ4n) is 5.27. The Labute approximate surface area is 186 Å². The van der Waals surface area contributed by atoms with Gasteiger partial charge in [0.25, 0.3) is 0 Å². The second-order valence-electron chi connectivity index (χ2n) is 8.95. The Bertz CT molecular complexity index is 1060. The summed E-state index contributed by atoms with van der Waals surface area (Å²) in [7, 11) is 0. The molecule has 1 aromatic heterocycles. The molecule has 0 amide bonds. The predicted molar refractivity (Wildman–Crippen MR) is 127 cm³/mol. The van der Waals surface area contributed by atoms with Gasteiger partial charge in [0.05, 0.1) is 18.0 Å². The van der Waals surface area contributed by atoms with Crippen LogP contribution in [0.3, 0.4) is 0 Å². The molecule has 0 aliphatic carbocycles. The number of aliphatic hydroxyl groups excluding tert-OH is 1. The Morgan fingerprint density at radius 3 is 2.29 bits per heavy atom. The van der Waals surface area contributed by atoms with E-state index in [1.807, 2.05) is 0 Å². The highest BCUT2D eigenvalue weighted by atomic mass is 16.3. The number of rotatable bonds is 6. The number of nitrogens with zero attached hydrogens (tertiary/aromatic N) is 3. The molecule has 0 fully saturated rings. The van der Waals surface area contributed by atoms with Gasteiger partial charge in [-0.3, -0.25) is 4.90 Å². The van der Waals surface area contributed by atoms with Crippen LogP contribution in [0.4, 0.5) is 0 Å². The Kier molecular flexibility index (Phi) is 6.31. The molecular formula is C27H35N3O. The van der Waals surface area contributed by atoms with Gasteiger partial charge < -0.3 is 5.11 Å². The van der Waals surface area contributed by atoms with Crippen LogP contribution in [-0.4, -0.2) is 32.4 Å². The number of fused-ring (bicyclic) bond motifs is 1. The van der Waals surface area contributed by atoms with Gasteiger partial charge in [0.1, 0.15) is 0 Å². The fraction of sp³-hybridized carbons (Fsp3) is 0.444. The molecule has 1 aliphatic rings. The molecule has 164 valence electrons. The van der Waals surface area contributed by atoms with E-state index in [0.29, 0.717) is 0 Å². The molecule has 0 saturated heterocycles. The normalized spacial score (nSPS) is 16.5. The Morgan fingerprint density at radius 2 is 1.68 bits per heavy atom. The van der Waals surface area contributed by atoms with Gasteiger partial charge in [-0.1, -0.05) is 55.8 Å². The molecule has 1 aliphatic heterocycles. The van der Waals surface area contributed by atoms with E-state index in [0.717, 1.165) is 32.4 Å². The van der Waals surface area contributed by atoms with E-state index < -0.39 is 0 Å². The van der Waals surface area contributed by atoms with Crippen LogP contribution in [0.1, 0.15) is 58.6 Å². The van der Waals surface area contributed by atoms with Gasteiger partial charge in [0.2, 0.25) is 0 Å². The lowest BCUT2D eigenvalue weighted by Crippen LogP contribution is -2.42. The standard InChI is InChI=1S/C27H35N3O/c1-6-25-24(16-29-15-22-11-9-8-10-21(22)14-23(29)17-31)26(7-2)30(28-25)27-19(4)12-18(3)13-20(27)5/h8-13,23,31H,6-7,14-17H2,1-5H3/t23-/m1/s1. The molecule has 3 aromatic rings. The van der Waals surface area contributed by atoms with E-state index in [-0.39, 0.29) is 12.6 Å². The highest BCUT2D eigenvalue weighted by molar-refractivity contribution is 5.51. The molecule has 2 heterocycles. The summed E-state index contributed by atoms with van der Waals surface area (Å²) >= 11 is 0. The lowest BCUT2D eigenvalue weighted by molar-refractivity contribution is 0.0991. The molecule has 0 saturated carbocycles. The van der Waals surface area contributed by atoms with Crippen molar-refractivity contribution in [2.75, 3.05) is 6.61 Å². The number of benzene rings is 2. The van der Waals surface area contributed by atoms with Crippen molar-refractivity contribution in [2.24, 2.45) is 0 Å². The van der Waals surface area contributed by atoms with Gasteiger partial charge in [-0.15, -0.1) is 0 Å². The average molecular weight is 418 g/mol. The Hall–Kier alpha value is -2.43. The maximum atomic E-state index is 10.1. The summed E-state index contributed by atoms with van der Waals surface area (Å²) < 4.78 is 2.20. The number of hydrogen-bond donors (Lipinski definition) is 1. The van der Waals surface area contributed by atoms with Crippen LogP contribution in [0.15, 0.2) is 36.4 Å². The summed E-state index contributed by atoms with van der Waals surface area (Å²) in [5.41, 5.74) is 11.6. The van der Waals surface area contributed by atoms with Crippen LogP contribution >= 0.6 is 0 Å². The zero-order chi connectivity index (χ0) is 22.1. The van der Waals surface area contributed by atoms with Crippen LogP contribution in [-0.2, 0) is 32.4 Å². The quantitative estimate of drug-likeness (QED) is 0.624. The SMILES string of the molecule is CCc1nn(-c2c(C)cc(C)cc2C)c(CC)c1CN1Cc2ccccc2C[C@@H]1CO. The Balaban J connectivity index is 1.76. The summed E-state index contributed by atoms with van der Waals surface area (Å²) in [5.74, 6) is 0. The summed E-state index contributed by atoms with van der Waals surface area (Å²) in [4.78, 5) is 2.44. The zero-order valence-electron chi connectivity index (χ0n) is 19.6. The van der Waals surface area contributed by atoms with Crippen molar-refractivity contribution in [1.82, 2.24) is 14.7 Å². The number of aliphatic hydroxyl groups is 1. The largest absolute Gasteiger partial charge is 0.395 e. The van der Waals surface area contributed by atoms with Crippen molar-refractivity contribution in [1.29, 1.82) is 0 Å². The summed E-state index contributed by atoms with van der Waals surface area (Å²) in [6, 6.07) is 13.3. The third-order valence-electron chi connectivity index (χ3n) is 6.73. The third-order valence-corrected chi connectivity index (χ3v) is 6.73. The van der Waals surface area contributed by atoms with Gasteiger partial charge in [0, 0.05) is 30.4 Å². The van der Waals surface area contributed by atoms with Crippen molar-refractivity contribution in [3.05, 3.63) is 81.2 Å². The third kappa shape index (κ3) is 4.07. The molecule has 1 N–H and O–H groups in total. The van der Waals surface area contributed by atoms with Crippen LogP contribution < -0.4 is 0 Å². The van der Waals surface area contributed by atoms with Gasteiger partial charge in [-0.25, -0.2) is 4.68 Å². The second kappa shape index (κ2) is 8.97. The molecule has 31 heavy (non-hydrogen) atoms. The number of hydrogen-bond acceptors (Lipinski definition) is 3. The van der Waals surface area contributed by atoms with E-state index >= 15 is 0 Å². The van der Waals surface area contributed by atoms with Crippen LogP contribution in [0.5, 0.6) is 0 Å². The molecule has 4 heteroatoms. The minimum atomic E-state index is 0.149. The van der Waals surface area contributed by atoms with Gasteiger partial charge in [-0.2, -0.15) is 5.10 Å². The van der Waals surface area contributed by atoms with Crippen molar-refractivity contribution in [3.8, 4) is 5.69 Å². The Morgan fingerprint density at radius 1 is 1.00 bits per heavy atom. The molecule has 0 bridgehead atoms. The van der Waals surface area contributed by atoms with Crippen molar-refractivity contribution in [3.63, 3.8) is 0 Å². The van der Waals surface area contributed by atoms with E-state index in [2.05, 4.69) is 80.6 Å². The molecule has 1 atom stereocenters. The van der Waals surface area contributed by atoms with Gasteiger partial charge in [-0.05, 0) is 62.3 Å². The summed E-state index contributed by atoms with van der Waals surface area (Å²) in [5, 5.41) is 15.2. The molecule has 0 unspecified atom stereocenters. The molecular weight excluding hydrogens is 382 g/mol. The lowest BCUT2D eigenvalue weighted by atomic mass is 9.93. The van der Waals surface area contributed by atoms with Crippen LogP contribution in [0.2, 0.25) is 0 Å². The van der Waals surface area contributed by atoms with E-state index in [1.165, 1.54) is 50.5 Å². The van der Waals surface area contributed by atoms with E-state index in [4.69, 9.17) is 5.10 Å². The molecule has 0 spiro atoms. The first-order valence-electron chi connectivity index (χ1n) is 11.6. The molecule has 4 nitrogen and oxygen atoms in total. The van der Waals surface area contributed by atoms with Gasteiger partial charge in [0.15, 0.2) is 0 Å². The molecule has 4 rings (SSSR count). The number of aryl methyl sites for hydroxylation is 4. The summed E-state index contributed by atoms with van der Waals surface area (Å²) in [6.07, 6.45) is 2.75. The maximum Gasteiger partial charge on any atom is 0.0707 e. The topological polar surface area (TPSA) is 41.3 Å². The highest BCUT2D eigenvalue weighted by Crippen LogP contribution is 2.30. The van der Waals surface area contributed by atoms with Crippen molar-refractivity contribution < 1.29 is 5.11 Å². The first kappa shape index (κ1) is 21.8. The first-order valence-corrected chi connectivity index (χ1v) is 11.6. The average Bonchev–Trinajstić information content (AvgIpc) is 3.09. The van der Waals surface area contributed by atoms with Crippen molar-refractivity contribution in [2.45, 2.75) is 73.0 Å². The molecule has 0 radical (unpaired) electrons. The monoisotopic (exact) mass is 417 g/mol. The molecule has 2 aromatic carbocycles. The lowest BCUT2D eigenvalue weighted by Gasteiger charge is -2.36. The fourth-order valence-corrected chi connectivity index (χ4v) is 5.27. The first-order chi connectivity index (χ1) is 15.0. The summed E-state index contributed by atoms with van der Waals surface area (Å²) in [6.45, 7) is 12.8. The minimum Gasteiger partial charge on any atom is -0.395 e. The highest BCUT2D eigenvalue weighted by Gasteiger charge is 2.28.